The summed E-state index contributed by atoms with van der Waals surface area (Å²) >= 11 is 0. The number of hydrogen-bond acceptors (Lipinski definition) is 4. The van der Waals surface area contributed by atoms with E-state index in [0.29, 0.717) is 25.0 Å². The minimum Gasteiger partial charge on any atom is -0.396 e. The molecule has 2 fully saturated rings. The van der Waals surface area contributed by atoms with Crippen molar-refractivity contribution in [2.24, 2.45) is 5.92 Å². The van der Waals surface area contributed by atoms with Crippen LogP contribution in [0.5, 0.6) is 0 Å². The molecule has 2 rings (SSSR count). The van der Waals surface area contributed by atoms with Crippen molar-refractivity contribution in [1.29, 1.82) is 0 Å². The summed E-state index contributed by atoms with van der Waals surface area (Å²) in [6, 6.07) is 0.480. The average molecular weight is 269 g/mol. The molecule has 0 aliphatic carbocycles. The standard InChI is InChI=1S/C14H27N3O2/c18-11-12-4-8-17(9-5-12)10-7-15-13-1-2-14(19)16-6-3-13/h12-13,15,18H,1-11H2,(H,16,19). The molecule has 3 N–H and O–H groups in total. The van der Waals surface area contributed by atoms with Crippen LogP contribution < -0.4 is 10.6 Å². The lowest BCUT2D eigenvalue weighted by Crippen LogP contribution is -2.41. The normalized spacial score (nSPS) is 27.0. The molecule has 2 aliphatic rings. The van der Waals surface area contributed by atoms with Gasteiger partial charge in [0.05, 0.1) is 0 Å². The summed E-state index contributed by atoms with van der Waals surface area (Å²) in [6.07, 6.45) is 4.90. The first-order valence-electron chi connectivity index (χ1n) is 7.61. The first kappa shape index (κ1) is 14.8. The highest BCUT2D eigenvalue weighted by atomic mass is 16.3. The topological polar surface area (TPSA) is 64.6 Å². The van der Waals surface area contributed by atoms with Crippen molar-refractivity contribution in [3.05, 3.63) is 0 Å². The fraction of sp³-hybridized carbons (Fsp3) is 0.929. The zero-order valence-electron chi connectivity index (χ0n) is 11.7. The Kier molecular flexibility index (Phi) is 6.07. The summed E-state index contributed by atoms with van der Waals surface area (Å²) in [5.41, 5.74) is 0. The smallest absolute Gasteiger partial charge is 0.220 e. The van der Waals surface area contributed by atoms with Crippen molar-refractivity contribution in [1.82, 2.24) is 15.5 Å². The van der Waals surface area contributed by atoms with Crippen LogP contribution in [-0.2, 0) is 4.79 Å². The maximum Gasteiger partial charge on any atom is 0.220 e. The number of carbonyl (C=O) groups is 1. The van der Waals surface area contributed by atoms with Crippen molar-refractivity contribution < 1.29 is 9.90 Å². The SMILES string of the molecule is O=C1CCC(NCCN2CCC(CO)CC2)CCN1. The summed E-state index contributed by atoms with van der Waals surface area (Å²) in [7, 11) is 0. The minimum atomic E-state index is 0.190. The van der Waals surface area contributed by atoms with Crippen LogP contribution in [0.4, 0.5) is 0 Å². The van der Waals surface area contributed by atoms with E-state index in [-0.39, 0.29) is 5.91 Å². The molecule has 5 nitrogen and oxygen atoms in total. The molecule has 0 bridgehead atoms. The zero-order valence-corrected chi connectivity index (χ0v) is 11.7. The van der Waals surface area contributed by atoms with E-state index in [9.17, 15) is 4.79 Å². The lowest BCUT2D eigenvalue weighted by Gasteiger charge is -2.31. The Morgan fingerprint density at radius 3 is 2.79 bits per heavy atom. The van der Waals surface area contributed by atoms with Crippen LogP contribution in [0.15, 0.2) is 0 Å². The molecule has 5 heteroatoms. The Bertz CT molecular complexity index is 278. The van der Waals surface area contributed by atoms with Crippen LogP contribution in [0, 0.1) is 5.92 Å². The van der Waals surface area contributed by atoms with Crippen molar-refractivity contribution in [2.75, 3.05) is 39.3 Å². The number of hydrogen-bond donors (Lipinski definition) is 3. The van der Waals surface area contributed by atoms with Gasteiger partial charge < -0.3 is 20.6 Å². The van der Waals surface area contributed by atoms with Crippen LogP contribution >= 0.6 is 0 Å². The first-order valence-corrected chi connectivity index (χ1v) is 7.61. The largest absolute Gasteiger partial charge is 0.396 e. The molecule has 1 atom stereocenters. The van der Waals surface area contributed by atoms with Crippen molar-refractivity contribution >= 4 is 5.91 Å². The number of likely N-dealkylation sites (tertiary alicyclic amines) is 1. The van der Waals surface area contributed by atoms with Gasteiger partial charge in [-0.15, -0.1) is 0 Å². The van der Waals surface area contributed by atoms with E-state index < -0.39 is 0 Å². The van der Waals surface area contributed by atoms with Crippen LogP contribution in [0.3, 0.4) is 0 Å². The monoisotopic (exact) mass is 269 g/mol. The van der Waals surface area contributed by atoms with Crippen molar-refractivity contribution in [3.8, 4) is 0 Å². The van der Waals surface area contributed by atoms with E-state index in [2.05, 4.69) is 15.5 Å². The highest BCUT2D eigenvalue weighted by Gasteiger charge is 2.19. The molecule has 2 aliphatic heterocycles. The highest BCUT2D eigenvalue weighted by Crippen LogP contribution is 2.15. The molecule has 2 heterocycles. The number of aliphatic hydroxyl groups is 1. The molecule has 19 heavy (non-hydrogen) atoms. The van der Waals surface area contributed by atoms with Gasteiger partial charge in [-0.3, -0.25) is 4.79 Å². The third kappa shape index (κ3) is 5.09. The van der Waals surface area contributed by atoms with E-state index in [0.717, 1.165) is 58.4 Å². The number of piperidine rings is 1. The second-order valence-corrected chi connectivity index (χ2v) is 5.80. The number of nitrogens with one attached hydrogen (secondary N) is 2. The van der Waals surface area contributed by atoms with Gasteiger partial charge in [-0.2, -0.15) is 0 Å². The molecular weight excluding hydrogens is 242 g/mol. The van der Waals surface area contributed by atoms with Gasteiger partial charge in [-0.25, -0.2) is 0 Å². The summed E-state index contributed by atoms with van der Waals surface area (Å²) in [4.78, 5) is 13.7. The third-order valence-corrected chi connectivity index (χ3v) is 4.36. The summed E-state index contributed by atoms with van der Waals surface area (Å²) < 4.78 is 0. The highest BCUT2D eigenvalue weighted by molar-refractivity contribution is 5.76. The Labute approximate surface area is 115 Å². The molecular formula is C14H27N3O2. The lowest BCUT2D eigenvalue weighted by atomic mass is 9.98. The molecule has 2 saturated heterocycles. The van der Waals surface area contributed by atoms with E-state index in [4.69, 9.17) is 5.11 Å². The van der Waals surface area contributed by atoms with Crippen LogP contribution in [0.2, 0.25) is 0 Å². The summed E-state index contributed by atoms with van der Waals surface area (Å²) in [5, 5.41) is 15.6. The molecule has 0 radical (unpaired) electrons. The number of amides is 1. The van der Waals surface area contributed by atoms with Gasteiger partial charge in [0, 0.05) is 38.7 Å². The van der Waals surface area contributed by atoms with Crippen LogP contribution in [0.1, 0.15) is 32.1 Å². The number of nitrogens with zero attached hydrogens (tertiary/aromatic N) is 1. The minimum absolute atomic E-state index is 0.190. The molecule has 0 aromatic heterocycles. The Balaban J connectivity index is 1.57. The van der Waals surface area contributed by atoms with Gasteiger partial charge in [0.15, 0.2) is 0 Å². The molecule has 110 valence electrons. The molecule has 0 aromatic carbocycles. The maximum absolute atomic E-state index is 11.2. The van der Waals surface area contributed by atoms with E-state index >= 15 is 0 Å². The lowest BCUT2D eigenvalue weighted by molar-refractivity contribution is -0.120. The summed E-state index contributed by atoms with van der Waals surface area (Å²) in [5.74, 6) is 0.707. The van der Waals surface area contributed by atoms with E-state index in [1.54, 1.807) is 0 Å². The predicted octanol–water partition coefficient (Wildman–Crippen LogP) is -0.0510. The maximum atomic E-state index is 11.2. The molecule has 1 unspecified atom stereocenters. The molecule has 1 amide bonds. The van der Waals surface area contributed by atoms with Crippen molar-refractivity contribution in [2.45, 2.75) is 38.1 Å². The number of rotatable bonds is 5. The quantitative estimate of drug-likeness (QED) is 0.655. The van der Waals surface area contributed by atoms with Gasteiger partial charge >= 0.3 is 0 Å². The fourth-order valence-corrected chi connectivity index (χ4v) is 2.95. The van der Waals surface area contributed by atoms with Crippen molar-refractivity contribution in [3.63, 3.8) is 0 Å². The van der Waals surface area contributed by atoms with Crippen LogP contribution in [-0.4, -0.2) is 61.3 Å². The van der Waals surface area contributed by atoms with Crippen LogP contribution in [0.25, 0.3) is 0 Å². The predicted molar refractivity (Wildman–Crippen MR) is 74.9 cm³/mol. The summed E-state index contributed by atoms with van der Waals surface area (Å²) in [6.45, 7) is 5.45. The van der Waals surface area contributed by atoms with Gasteiger partial charge in [0.25, 0.3) is 0 Å². The van der Waals surface area contributed by atoms with E-state index in [1.807, 2.05) is 0 Å². The average Bonchev–Trinajstić information content (AvgIpc) is 2.65. The first-order chi connectivity index (χ1) is 9.28. The number of carbonyl (C=O) groups excluding carboxylic acids is 1. The van der Waals surface area contributed by atoms with E-state index in [1.165, 1.54) is 0 Å². The Hall–Kier alpha value is -0.650. The Morgan fingerprint density at radius 2 is 2.05 bits per heavy atom. The zero-order chi connectivity index (χ0) is 13.5. The number of aliphatic hydroxyl groups excluding tert-OH is 1. The van der Waals surface area contributed by atoms with Gasteiger partial charge in [0.1, 0.15) is 0 Å². The molecule has 0 spiro atoms. The fourth-order valence-electron chi connectivity index (χ4n) is 2.95. The second-order valence-electron chi connectivity index (χ2n) is 5.80. The third-order valence-electron chi connectivity index (χ3n) is 4.36. The van der Waals surface area contributed by atoms with Gasteiger partial charge in [-0.05, 0) is 44.7 Å². The Morgan fingerprint density at radius 1 is 1.26 bits per heavy atom. The van der Waals surface area contributed by atoms with Gasteiger partial charge in [0.2, 0.25) is 5.91 Å². The van der Waals surface area contributed by atoms with Gasteiger partial charge in [-0.1, -0.05) is 0 Å². The molecule has 0 aromatic rings. The second kappa shape index (κ2) is 7.82. The molecule has 0 saturated carbocycles.